The highest BCUT2D eigenvalue weighted by atomic mass is 19.4. The van der Waals surface area contributed by atoms with Crippen molar-refractivity contribution < 1.29 is 37.3 Å². The molecule has 1 aromatic rings. The molecule has 11 heteroatoms. The number of nitrogens with zero attached hydrogens (tertiary/aromatic N) is 3. The Labute approximate surface area is 202 Å². The van der Waals surface area contributed by atoms with E-state index in [1.165, 1.54) is 30.2 Å². The Kier molecular flexibility index (Phi) is 7.46. The minimum absolute atomic E-state index is 0.0882. The molecule has 3 aliphatic rings. The number of methoxy groups -OCH3 is 1. The van der Waals surface area contributed by atoms with E-state index in [9.17, 15) is 27.9 Å². The largest absolute Gasteiger partial charge is 0.573 e. The normalized spacial score (nSPS) is 23.7. The Hall–Kier alpha value is -2.53. The van der Waals surface area contributed by atoms with Crippen LogP contribution >= 0.6 is 0 Å². The van der Waals surface area contributed by atoms with Crippen LogP contribution in [-0.2, 0) is 14.3 Å². The van der Waals surface area contributed by atoms with Crippen LogP contribution in [0.25, 0.3) is 0 Å². The summed E-state index contributed by atoms with van der Waals surface area (Å²) in [5.74, 6) is -1.03. The molecule has 2 heterocycles. The number of aliphatic hydroxyl groups excluding tert-OH is 1. The van der Waals surface area contributed by atoms with Gasteiger partial charge in [0.25, 0.3) is 0 Å². The van der Waals surface area contributed by atoms with E-state index < -0.39 is 18.4 Å². The zero-order valence-corrected chi connectivity index (χ0v) is 19.8. The fourth-order valence-electron chi connectivity index (χ4n) is 5.17. The highest BCUT2D eigenvalue weighted by molar-refractivity contribution is 5.85. The van der Waals surface area contributed by atoms with Crippen molar-refractivity contribution in [2.75, 3.05) is 51.3 Å². The molecule has 2 saturated heterocycles. The number of rotatable bonds is 7. The molecule has 0 radical (unpaired) electrons. The first-order chi connectivity index (χ1) is 16.6. The highest BCUT2D eigenvalue weighted by Gasteiger charge is 2.51. The number of ether oxygens (including phenoxy) is 2. The van der Waals surface area contributed by atoms with Gasteiger partial charge in [0.2, 0.25) is 5.91 Å². The number of carbonyl (C=O) groups is 2. The lowest BCUT2D eigenvalue weighted by atomic mass is 9.90. The third kappa shape index (κ3) is 6.19. The minimum Gasteiger partial charge on any atom is -0.467 e. The molecule has 1 N–H and O–H groups in total. The second kappa shape index (κ2) is 10.2. The van der Waals surface area contributed by atoms with Gasteiger partial charge in [-0.05, 0) is 49.8 Å². The summed E-state index contributed by atoms with van der Waals surface area (Å²) in [5, 5.41) is 10.5. The standard InChI is InChI=1S/C24H32F3N3O5/c1-34-22(33)19(5-10-28-12-9-23(7-8-23)20(31)16-28)30-14-13-29(11-6-21(30)32)17-3-2-4-18(15-17)35-24(25,26)27/h2-4,15,19-20,31H,5-14,16H2,1H3. The maximum atomic E-state index is 13.0. The topological polar surface area (TPSA) is 82.6 Å². The average Bonchev–Trinajstić information content (AvgIpc) is 3.61. The van der Waals surface area contributed by atoms with Gasteiger partial charge in [0.1, 0.15) is 11.8 Å². The molecule has 2 aliphatic heterocycles. The van der Waals surface area contributed by atoms with Gasteiger partial charge in [-0.2, -0.15) is 0 Å². The molecule has 0 aromatic heterocycles. The van der Waals surface area contributed by atoms with Crippen molar-refractivity contribution in [2.45, 2.75) is 50.6 Å². The van der Waals surface area contributed by atoms with E-state index >= 15 is 0 Å². The molecule has 35 heavy (non-hydrogen) atoms. The third-order valence-electron chi connectivity index (χ3n) is 7.47. The smallest absolute Gasteiger partial charge is 0.467 e. The van der Waals surface area contributed by atoms with Gasteiger partial charge in [-0.1, -0.05) is 6.07 Å². The van der Waals surface area contributed by atoms with Gasteiger partial charge >= 0.3 is 12.3 Å². The Morgan fingerprint density at radius 2 is 1.97 bits per heavy atom. The van der Waals surface area contributed by atoms with Crippen LogP contribution in [0.15, 0.2) is 24.3 Å². The second-order valence-electron chi connectivity index (χ2n) is 9.63. The maximum Gasteiger partial charge on any atom is 0.573 e. The predicted molar refractivity (Wildman–Crippen MR) is 121 cm³/mol. The number of piperidine rings is 1. The lowest BCUT2D eigenvalue weighted by Gasteiger charge is -2.37. The molecule has 2 unspecified atom stereocenters. The van der Waals surface area contributed by atoms with Gasteiger partial charge in [0.15, 0.2) is 0 Å². The Bertz CT molecular complexity index is 924. The Morgan fingerprint density at radius 1 is 1.20 bits per heavy atom. The number of esters is 1. The Balaban J connectivity index is 1.39. The van der Waals surface area contributed by atoms with Crippen molar-refractivity contribution >= 4 is 17.6 Å². The summed E-state index contributed by atoms with van der Waals surface area (Å²) in [6, 6.07) is 4.88. The van der Waals surface area contributed by atoms with E-state index in [1.807, 2.05) is 4.90 Å². The fourth-order valence-corrected chi connectivity index (χ4v) is 5.17. The number of β-amino-alcohol motifs (C(OH)–C–C–N with tert-alkyl or cyclic N) is 1. The summed E-state index contributed by atoms with van der Waals surface area (Å²) in [6.45, 7) is 2.85. The van der Waals surface area contributed by atoms with E-state index in [2.05, 4.69) is 9.64 Å². The number of halogens is 3. The molecule has 3 fully saturated rings. The van der Waals surface area contributed by atoms with Crippen molar-refractivity contribution in [3.8, 4) is 5.75 Å². The lowest BCUT2D eigenvalue weighted by molar-refractivity contribution is -0.274. The van der Waals surface area contributed by atoms with Crippen molar-refractivity contribution in [2.24, 2.45) is 5.41 Å². The van der Waals surface area contributed by atoms with Crippen molar-refractivity contribution in [1.29, 1.82) is 0 Å². The number of benzene rings is 1. The van der Waals surface area contributed by atoms with Gasteiger partial charge in [-0.3, -0.25) is 4.79 Å². The number of hydrogen-bond acceptors (Lipinski definition) is 7. The van der Waals surface area contributed by atoms with Crippen LogP contribution in [0.3, 0.4) is 0 Å². The summed E-state index contributed by atoms with van der Waals surface area (Å²) >= 11 is 0. The van der Waals surface area contributed by atoms with Crippen LogP contribution in [0.2, 0.25) is 0 Å². The van der Waals surface area contributed by atoms with Gasteiger partial charge in [-0.25, -0.2) is 4.79 Å². The predicted octanol–water partition coefficient (Wildman–Crippen LogP) is 2.40. The summed E-state index contributed by atoms with van der Waals surface area (Å²) in [7, 11) is 1.29. The number of carbonyl (C=O) groups excluding carboxylic acids is 2. The number of alkyl halides is 3. The van der Waals surface area contributed by atoms with Crippen LogP contribution in [0.5, 0.6) is 5.75 Å². The molecular formula is C24H32F3N3O5. The van der Waals surface area contributed by atoms with E-state index in [0.29, 0.717) is 38.3 Å². The van der Waals surface area contributed by atoms with E-state index in [4.69, 9.17) is 4.74 Å². The number of aliphatic hydroxyl groups is 1. The van der Waals surface area contributed by atoms with E-state index in [1.54, 1.807) is 6.07 Å². The summed E-state index contributed by atoms with van der Waals surface area (Å²) < 4.78 is 46.8. The molecule has 0 bridgehead atoms. The molecule has 1 amide bonds. The fraction of sp³-hybridized carbons (Fsp3) is 0.667. The molecule has 1 spiro atoms. The number of hydrogen-bond donors (Lipinski definition) is 1. The molecule has 1 aromatic carbocycles. The van der Waals surface area contributed by atoms with Gasteiger partial charge in [-0.15, -0.1) is 13.2 Å². The van der Waals surface area contributed by atoms with Crippen LogP contribution in [-0.4, -0.2) is 91.7 Å². The lowest BCUT2D eigenvalue weighted by Crippen LogP contribution is -2.50. The number of anilines is 1. The quantitative estimate of drug-likeness (QED) is 0.577. The minimum atomic E-state index is -4.79. The molecule has 194 valence electrons. The first-order valence-corrected chi connectivity index (χ1v) is 12.0. The van der Waals surface area contributed by atoms with Crippen LogP contribution < -0.4 is 9.64 Å². The SMILES string of the molecule is COC(=O)C(CCN1CCC2(CC2)C(O)C1)N1CCN(c2cccc(OC(F)(F)F)c2)CCC1=O. The summed E-state index contributed by atoms with van der Waals surface area (Å²) in [4.78, 5) is 31.1. The molecule has 2 atom stereocenters. The zero-order valence-electron chi connectivity index (χ0n) is 19.8. The Morgan fingerprint density at radius 3 is 2.63 bits per heavy atom. The van der Waals surface area contributed by atoms with Crippen molar-refractivity contribution in [3.05, 3.63) is 24.3 Å². The maximum absolute atomic E-state index is 13.0. The molecule has 8 nitrogen and oxygen atoms in total. The van der Waals surface area contributed by atoms with Gasteiger partial charge in [0.05, 0.1) is 13.2 Å². The van der Waals surface area contributed by atoms with Gasteiger partial charge < -0.3 is 29.3 Å². The average molecular weight is 500 g/mol. The van der Waals surface area contributed by atoms with Crippen LogP contribution in [0, 0.1) is 5.41 Å². The van der Waals surface area contributed by atoms with Crippen molar-refractivity contribution in [3.63, 3.8) is 0 Å². The first-order valence-electron chi connectivity index (χ1n) is 12.0. The van der Waals surface area contributed by atoms with Crippen molar-refractivity contribution in [1.82, 2.24) is 9.80 Å². The highest BCUT2D eigenvalue weighted by Crippen LogP contribution is 2.53. The number of likely N-dealkylation sites (tertiary alicyclic amines) is 1. The van der Waals surface area contributed by atoms with E-state index in [-0.39, 0.29) is 36.1 Å². The first kappa shape index (κ1) is 25.6. The van der Waals surface area contributed by atoms with Gasteiger partial charge in [0, 0.05) is 50.9 Å². The monoisotopic (exact) mass is 499 g/mol. The molecule has 4 rings (SSSR count). The third-order valence-corrected chi connectivity index (χ3v) is 7.47. The summed E-state index contributed by atoms with van der Waals surface area (Å²) in [6.07, 6.45) is -1.59. The molecule has 1 saturated carbocycles. The van der Waals surface area contributed by atoms with Crippen LogP contribution in [0.1, 0.15) is 32.1 Å². The van der Waals surface area contributed by atoms with E-state index in [0.717, 1.165) is 25.8 Å². The number of amides is 1. The zero-order chi connectivity index (χ0) is 25.2. The summed E-state index contributed by atoms with van der Waals surface area (Å²) in [5.41, 5.74) is 0.595. The molecular weight excluding hydrogens is 467 g/mol. The van der Waals surface area contributed by atoms with Crippen LogP contribution in [0.4, 0.5) is 18.9 Å². The second-order valence-corrected chi connectivity index (χ2v) is 9.63. The molecule has 1 aliphatic carbocycles.